The Kier molecular flexibility index (Phi) is 5.63. The molecule has 1 aliphatic rings. The summed E-state index contributed by atoms with van der Waals surface area (Å²) in [5.41, 5.74) is 2.31. The molecule has 1 fully saturated rings. The molecule has 0 N–H and O–H groups in total. The van der Waals surface area contributed by atoms with E-state index in [0.29, 0.717) is 13.2 Å². The van der Waals surface area contributed by atoms with Crippen LogP contribution < -0.4 is 4.90 Å². The van der Waals surface area contributed by atoms with Crippen molar-refractivity contribution in [3.8, 4) is 0 Å². The summed E-state index contributed by atoms with van der Waals surface area (Å²) in [4.78, 5) is 2.34. The lowest BCUT2D eigenvalue weighted by Gasteiger charge is -2.29. The maximum atomic E-state index is 5.60. The molecule has 106 valence electrons. The largest absolute Gasteiger partial charge is 0.378 e. The molecule has 1 saturated heterocycles. The molecule has 2 rings (SSSR count). The van der Waals surface area contributed by atoms with Crippen LogP contribution in [0.3, 0.4) is 0 Å². The van der Waals surface area contributed by atoms with E-state index in [1.807, 2.05) is 13.8 Å². The third-order valence-corrected chi connectivity index (χ3v) is 3.18. The predicted molar refractivity (Wildman–Crippen MR) is 75.5 cm³/mol. The van der Waals surface area contributed by atoms with Gasteiger partial charge in [-0.05, 0) is 26.0 Å². The fourth-order valence-electron chi connectivity index (χ4n) is 2.21. The Morgan fingerprint density at radius 1 is 1.05 bits per heavy atom. The van der Waals surface area contributed by atoms with Gasteiger partial charge in [-0.3, -0.25) is 0 Å². The summed E-state index contributed by atoms with van der Waals surface area (Å²) >= 11 is 0. The van der Waals surface area contributed by atoms with Gasteiger partial charge in [-0.15, -0.1) is 0 Å². The van der Waals surface area contributed by atoms with E-state index in [9.17, 15) is 0 Å². The number of nitrogens with zero attached hydrogens (tertiary/aromatic N) is 1. The number of benzene rings is 1. The summed E-state index contributed by atoms with van der Waals surface area (Å²) < 4.78 is 16.6. The topological polar surface area (TPSA) is 30.9 Å². The molecule has 0 spiro atoms. The van der Waals surface area contributed by atoms with Crippen molar-refractivity contribution in [1.29, 1.82) is 0 Å². The van der Waals surface area contributed by atoms with E-state index in [1.165, 1.54) is 5.69 Å². The van der Waals surface area contributed by atoms with E-state index in [2.05, 4.69) is 29.2 Å². The van der Waals surface area contributed by atoms with Crippen molar-refractivity contribution in [2.24, 2.45) is 0 Å². The lowest BCUT2D eigenvalue weighted by Crippen LogP contribution is -2.36. The summed E-state index contributed by atoms with van der Waals surface area (Å²) in [5, 5.41) is 0. The zero-order valence-corrected chi connectivity index (χ0v) is 11.8. The molecule has 0 aromatic heterocycles. The van der Waals surface area contributed by atoms with Gasteiger partial charge in [0.15, 0.2) is 6.29 Å². The van der Waals surface area contributed by atoms with Gasteiger partial charge in [0.2, 0.25) is 0 Å². The third kappa shape index (κ3) is 3.93. The van der Waals surface area contributed by atoms with Crippen LogP contribution in [0.2, 0.25) is 0 Å². The van der Waals surface area contributed by atoms with Gasteiger partial charge < -0.3 is 19.1 Å². The van der Waals surface area contributed by atoms with Crippen molar-refractivity contribution in [3.05, 3.63) is 29.8 Å². The average Bonchev–Trinajstić information content (AvgIpc) is 2.48. The van der Waals surface area contributed by atoms with Crippen molar-refractivity contribution in [2.75, 3.05) is 44.4 Å². The van der Waals surface area contributed by atoms with Crippen molar-refractivity contribution >= 4 is 5.69 Å². The highest BCUT2D eigenvalue weighted by molar-refractivity contribution is 5.48. The monoisotopic (exact) mass is 265 g/mol. The number of rotatable bonds is 6. The lowest BCUT2D eigenvalue weighted by atomic mass is 10.2. The minimum atomic E-state index is -0.256. The molecule has 19 heavy (non-hydrogen) atoms. The summed E-state index contributed by atoms with van der Waals surface area (Å²) in [6, 6.07) is 8.43. The number of hydrogen-bond acceptors (Lipinski definition) is 4. The number of anilines is 1. The number of ether oxygens (including phenoxy) is 3. The van der Waals surface area contributed by atoms with Crippen LogP contribution in [0, 0.1) is 0 Å². The third-order valence-electron chi connectivity index (χ3n) is 3.18. The molecule has 0 atom stereocenters. The van der Waals surface area contributed by atoms with E-state index in [1.54, 1.807) is 0 Å². The molecule has 4 nitrogen and oxygen atoms in total. The lowest BCUT2D eigenvalue weighted by molar-refractivity contribution is -0.140. The van der Waals surface area contributed by atoms with Crippen LogP contribution in [-0.4, -0.2) is 39.5 Å². The van der Waals surface area contributed by atoms with Crippen molar-refractivity contribution in [3.63, 3.8) is 0 Å². The maximum Gasteiger partial charge on any atom is 0.183 e. The zero-order valence-electron chi connectivity index (χ0n) is 11.8. The Bertz CT molecular complexity index is 354. The van der Waals surface area contributed by atoms with Gasteiger partial charge >= 0.3 is 0 Å². The van der Waals surface area contributed by atoms with Crippen LogP contribution in [-0.2, 0) is 14.2 Å². The number of morpholine rings is 1. The molecule has 1 heterocycles. The second kappa shape index (κ2) is 7.48. The quantitative estimate of drug-likeness (QED) is 0.740. The van der Waals surface area contributed by atoms with Crippen LogP contribution in [0.25, 0.3) is 0 Å². The van der Waals surface area contributed by atoms with Gasteiger partial charge in [0.25, 0.3) is 0 Å². The highest BCUT2D eigenvalue weighted by Crippen LogP contribution is 2.23. The highest BCUT2D eigenvalue weighted by Gasteiger charge is 2.14. The fourth-order valence-corrected chi connectivity index (χ4v) is 2.21. The summed E-state index contributed by atoms with van der Waals surface area (Å²) in [6.45, 7) is 8.79. The van der Waals surface area contributed by atoms with Gasteiger partial charge in [0, 0.05) is 37.6 Å². The summed E-state index contributed by atoms with van der Waals surface area (Å²) in [7, 11) is 0. The SMILES string of the molecule is CCOC(OCC)c1ccc(N2CCOCC2)cc1. The molecule has 0 aliphatic carbocycles. The second-order valence-corrected chi connectivity index (χ2v) is 4.43. The highest BCUT2D eigenvalue weighted by atomic mass is 16.7. The van der Waals surface area contributed by atoms with Crippen LogP contribution in [0.1, 0.15) is 25.7 Å². The molecular formula is C15H23NO3. The smallest absolute Gasteiger partial charge is 0.183 e. The fraction of sp³-hybridized carbons (Fsp3) is 0.600. The van der Waals surface area contributed by atoms with Crippen LogP contribution in [0.15, 0.2) is 24.3 Å². The molecule has 1 aromatic carbocycles. The van der Waals surface area contributed by atoms with E-state index in [0.717, 1.165) is 31.9 Å². The Labute approximate surface area is 115 Å². The Balaban J connectivity index is 2.03. The first-order chi connectivity index (χ1) is 9.35. The van der Waals surface area contributed by atoms with Gasteiger partial charge in [-0.1, -0.05) is 12.1 Å². The molecule has 0 bridgehead atoms. The van der Waals surface area contributed by atoms with E-state index >= 15 is 0 Å². The molecule has 0 amide bonds. The van der Waals surface area contributed by atoms with Crippen molar-refractivity contribution in [1.82, 2.24) is 0 Å². The molecular weight excluding hydrogens is 242 g/mol. The Morgan fingerprint density at radius 2 is 1.63 bits per heavy atom. The van der Waals surface area contributed by atoms with Crippen LogP contribution >= 0.6 is 0 Å². The van der Waals surface area contributed by atoms with Crippen LogP contribution in [0.5, 0.6) is 0 Å². The molecule has 0 saturated carbocycles. The predicted octanol–water partition coefficient (Wildman–Crippen LogP) is 2.59. The minimum Gasteiger partial charge on any atom is -0.378 e. The molecule has 4 heteroatoms. The van der Waals surface area contributed by atoms with Gasteiger partial charge in [0.1, 0.15) is 0 Å². The molecule has 0 unspecified atom stereocenters. The molecule has 1 aromatic rings. The van der Waals surface area contributed by atoms with E-state index in [4.69, 9.17) is 14.2 Å². The Hall–Kier alpha value is -1.10. The normalized spacial score (nSPS) is 16.1. The Morgan fingerprint density at radius 3 is 2.16 bits per heavy atom. The maximum absolute atomic E-state index is 5.60. The first kappa shape index (κ1) is 14.3. The van der Waals surface area contributed by atoms with E-state index in [-0.39, 0.29) is 6.29 Å². The van der Waals surface area contributed by atoms with Gasteiger partial charge in [0.05, 0.1) is 13.2 Å². The minimum absolute atomic E-state index is 0.256. The molecule has 1 aliphatic heterocycles. The van der Waals surface area contributed by atoms with Crippen LogP contribution in [0.4, 0.5) is 5.69 Å². The van der Waals surface area contributed by atoms with Gasteiger partial charge in [-0.25, -0.2) is 0 Å². The summed E-state index contributed by atoms with van der Waals surface area (Å²) in [5.74, 6) is 0. The van der Waals surface area contributed by atoms with Crippen molar-refractivity contribution in [2.45, 2.75) is 20.1 Å². The average molecular weight is 265 g/mol. The standard InChI is InChI=1S/C15H23NO3/c1-3-18-15(19-4-2)13-5-7-14(8-6-13)16-9-11-17-12-10-16/h5-8,15H,3-4,9-12H2,1-2H3. The van der Waals surface area contributed by atoms with Gasteiger partial charge in [-0.2, -0.15) is 0 Å². The summed E-state index contributed by atoms with van der Waals surface area (Å²) in [6.07, 6.45) is -0.256. The number of hydrogen-bond donors (Lipinski definition) is 0. The first-order valence-electron chi connectivity index (χ1n) is 7.01. The first-order valence-corrected chi connectivity index (χ1v) is 7.01. The zero-order chi connectivity index (χ0) is 13.5. The van der Waals surface area contributed by atoms with E-state index < -0.39 is 0 Å². The molecule has 0 radical (unpaired) electrons. The second-order valence-electron chi connectivity index (χ2n) is 4.43. The van der Waals surface area contributed by atoms with Crippen molar-refractivity contribution < 1.29 is 14.2 Å².